The third-order valence-corrected chi connectivity index (χ3v) is 5.54. The lowest BCUT2D eigenvalue weighted by molar-refractivity contribution is -0.157. The topological polar surface area (TPSA) is 92.9 Å². The van der Waals surface area contributed by atoms with Crippen LogP contribution < -0.4 is 0 Å². The Kier molecular flexibility index (Phi) is 4.03. The molecule has 0 spiro atoms. The van der Waals surface area contributed by atoms with Crippen LogP contribution in [0.4, 0.5) is 0 Å². The number of hydrogen-bond donors (Lipinski definition) is 1. The van der Waals surface area contributed by atoms with Gasteiger partial charge in [0.2, 0.25) is 0 Å². The summed E-state index contributed by atoms with van der Waals surface area (Å²) >= 11 is 0. The molecular weight excluding hydrogens is 336 g/mol. The van der Waals surface area contributed by atoms with Crippen LogP contribution in [0, 0.1) is 18.3 Å². The molecule has 0 bridgehead atoms. The Hall–Kier alpha value is -2.67. The second-order valence-electron chi connectivity index (χ2n) is 7.00. The Morgan fingerprint density at radius 2 is 2.08 bits per heavy atom. The minimum atomic E-state index is -0.925. The van der Waals surface area contributed by atoms with Gasteiger partial charge in [0.25, 0.3) is 5.91 Å². The molecule has 2 aliphatic rings. The lowest BCUT2D eigenvalue weighted by Gasteiger charge is -2.33. The van der Waals surface area contributed by atoms with Crippen molar-refractivity contribution in [2.24, 2.45) is 11.3 Å². The van der Waals surface area contributed by atoms with Gasteiger partial charge in [0.05, 0.1) is 12.0 Å². The molecule has 7 heteroatoms. The van der Waals surface area contributed by atoms with Crippen molar-refractivity contribution in [3.05, 3.63) is 41.7 Å². The molecule has 2 aromatic rings. The van der Waals surface area contributed by atoms with Crippen LogP contribution in [-0.4, -0.2) is 53.3 Å². The number of hydrogen-bond acceptors (Lipinski definition) is 5. The van der Waals surface area contributed by atoms with Crippen LogP contribution in [0.5, 0.6) is 0 Å². The molecule has 1 amide bonds. The second kappa shape index (κ2) is 6.25. The van der Waals surface area contributed by atoms with Crippen LogP contribution in [0.15, 0.2) is 34.9 Å². The van der Waals surface area contributed by atoms with Gasteiger partial charge in [-0.3, -0.25) is 9.59 Å². The highest BCUT2D eigenvalue weighted by atomic mass is 16.5. The Morgan fingerprint density at radius 1 is 1.31 bits per heavy atom. The van der Waals surface area contributed by atoms with Gasteiger partial charge in [0.15, 0.2) is 0 Å². The molecule has 2 fully saturated rings. The quantitative estimate of drug-likeness (QED) is 0.906. The summed E-state index contributed by atoms with van der Waals surface area (Å²) in [6.07, 6.45) is 0.422. The Labute approximate surface area is 150 Å². The van der Waals surface area contributed by atoms with Crippen LogP contribution in [0.2, 0.25) is 0 Å². The Bertz CT molecular complexity index is 847. The molecular formula is C19H20N2O5. The van der Waals surface area contributed by atoms with E-state index in [0.717, 1.165) is 5.56 Å². The van der Waals surface area contributed by atoms with Gasteiger partial charge in [0, 0.05) is 31.2 Å². The monoisotopic (exact) mass is 356 g/mol. The minimum absolute atomic E-state index is 0.189. The molecule has 2 aliphatic heterocycles. The van der Waals surface area contributed by atoms with Crippen molar-refractivity contribution < 1.29 is 24.0 Å². The Balaban J connectivity index is 1.68. The first-order valence-corrected chi connectivity index (χ1v) is 8.65. The molecule has 7 nitrogen and oxygen atoms in total. The van der Waals surface area contributed by atoms with Gasteiger partial charge in [-0.25, -0.2) is 0 Å². The molecule has 2 saturated heterocycles. The second-order valence-corrected chi connectivity index (χ2v) is 7.00. The number of carboxylic acid groups (broad SMARTS) is 1. The molecule has 26 heavy (non-hydrogen) atoms. The lowest BCUT2D eigenvalue weighted by Crippen LogP contribution is -2.45. The number of amides is 1. The van der Waals surface area contributed by atoms with Gasteiger partial charge in [-0.05, 0) is 13.3 Å². The normalized spacial score (nSPS) is 25.1. The van der Waals surface area contributed by atoms with Gasteiger partial charge >= 0.3 is 5.97 Å². The minimum Gasteiger partial charge on any atom is -0.481 e. The number of likely N-dealkylation sites (tertiary alicyclic amines) is 1. The zero-order valence-electron chi connectivity index (χ0n) is 14.5. The standard InChI is InChI=1S/C19H20N2O5/c1-12-15(16(20-26-12)13-5-3-2-4-6-13)17(22)21-9-14-10-25-8-7-19(14,11-21)18(23)24/h2-6,14H,7-11H2,1H3,(H,23,24)/t14-,19+/m0/s1. The van der Waals surface area contributed by atoms with E-state index >= 15 is 0 Å². The molecule has 4 rings (SSSR count). The maximum Gasteiger partial charge on any atom is 0.311 e. The average Bonchev–Trinajstić information content (AvgIpc) is 3.23. The number of fused-ring (bicyclic) bond motifs is 1. The van der Waals surface area contributed by atoms with E-state index in [4.69, 9.17) is 9.26 Å². The molecule has 0 aliphatic carbocycles. The summed E-state index contributed by atoms with van der Waals surface area (Å²) < 4.78 is 10.7. The van der Waals surface area contributed by atoms with E-state index in [0.29, 0.717) is 43.2 Å². The molecule has 1 aromatic heterocycles. The molecule has 1 N–H and O–H groups in total. The van der Waals surface area contributed by atoms with Crippen LogP contribution in [0.1, 0.15) is 22.5 Å². The third kappa shape index (κ3) is 2.50. The predicted octanol–water partition coefficient (Wildman–Crippen LogP) is 2.21. The number of carboxylic acids is 1. The van der Waals surface area contributed by atoms with Crippen molar-refractivity contribution in [1.82, 2.24) is 10.1 Å². The first-order valence-electron chi connectivity index (χ1n) is 8.65. The van der Waals surface area contributed by atoms with E-state index in [1.807, 2.05) is 30.3 Å². The van der Waals surface area contributed by atoms with E-state index in [1.165, 1.54) is 0 Å². The van der Waals surface area contributed by atoms with E-state index in [9.17, 15) is 14.7 Å². The maximum absolute atomic E-state index is 13.2. The van der Waals surface area contributed by atoms with Gasteiger partial charge in [-0.2, -0.15) is 0 Å². The zero-order valence-corrected chi connectivity index (χ0v) is 14.5. The highest BCUT2D eigenvalue weighted by molar-refractivity contribution is 6.01. The lowest BCUT2D eigenvalue weighted by atomic mass is 9.74. The fourth-order valence-corrected chi connectivity index (χ4v) is 4.03. The van der Waals surface area contributed by atoms with Gasteiger partial charge in [-0.15, -0.1) is 0 Å². The molecule has 0 radical (unpaired) electrons. The number of rotatable bonds is 3. The molecule has 2 atom stereocenters. The average molecular weight is 356 g/mol. The van der Waals surface area contributed by atoms with E-state index in [1.54, 1.807) is 11.8 Å². The number of ether oxygens (including phenoxy) is 1. The van der Waals surface area contributed by atoms with Gasteiger partial charge in [-0.1, -0.05) is 35.5 Å². The van der Waals surface area contributed by atoms with Gasteiger partial charge in [0.1, 0.15) is 17.0 Å². The van der Waals surface area contributed by atoms with E-state index in [-0.39, 0.29) is 18.4 Å². The van der Waals surface area contributed by atoms with Crippen LogP contribution in [0.25, 0.3) is 11.3 Å². The fourth-order valence-electron chi connectivity index (χ4n) is 4.03. The fraction of sp³-hybridized carbons (Fsp3) is 0.421. The highest BCUT2D eigenvalue weighted by Gasteiger charge is 2.55. The third-order valence-electron chi connectivity index (χ3n) is 5.54. The number of carbonyl (C=O) groups is 2. The van der Waals surface area contributed by atoms with Crippen LogP contribution in [-0.2, 0) is 9.53 Å². The van der Waals surface area contributed by atoms with Crippen molar-refractivity contribution in [2.45, 2.75) is 13.3 Å². The summed E-state index contributed by atoms with van der Waals surface area (Å²) in [6.45, 7) is 3.03. The van der Waals surface area contributed by atoms with Gasteiger partial charge < -0.3 is 19.3 Å². The summed E-state index contributed by atoms with van der Waals surface area (Å²) in [5.41, 5.74) is 0.756. The smallest absolute Gasteiger partial charge is 0.311 e. The van der Waals surface area contributed by atoms with Crippen LogP contribution >= 0.6 is 0 Å². The zero-order chi connectivity index (χ0) is 18.3. The molecule has 0 saturated carbocycles. The molecule has 3 heterocycles. The number of aryl methyl sites for hydroxylation is 1. The van der Waals surface area contributed by atoms with Crippen molar-refractivity contribution >= 4 is 11.9 Å². The Morgan fingerprint density at radius 3 is 2.77 bits per heavy atom. The first-order chi connectivity index (χ1) is 12.5. The summed E-state index contributed by atoms with van der Waals surface area (Å²) in [4.78, 5) is 26.8. The number of benzene rings is 1. The number of aromatic nitrogens is 1. The highest BCUT2D eigenvalue weighted by Crippen LogP contribution is 2.43. The molecule has 136 valence electrons. The largest absolute Gasteiger partial charge is 0.481 e. The summed E-state index contributed by atoms with van der Waals surface area (Å²) in [7, 11) is 0. The summed E-state index contributed by atoms with van der Waals surface area (Å²) in [5.74, 6) is -0.855. The van der Waals surface area contributed by atoms with Crippen molar-refractivity contribution in [3.63, 3.8) is 0 Å². The summed E-state index contributed by atoms with van der Waals surface area (Å²) in [5, 5.41) is 13.9. The predicted molar refractivity (Wildman–Crippen MR) is 91.6 cm³/mol. The summed E-state index contributed by atoms with van der Waals surface area (Å²) in [6, 6.07) is 9.36. The maximum atomic E-state index is 13.2. The van der Waals surface area contributed by atoms with E-state index < -0.39 is 11.4 Å². The van der Waals surface area contributed by atoms with E-state index in [2.05, 4.69) is 5.16 Å². The van der Waals surface area contributed by atoms with Crippen molar-refractivity contribution in [1.29, 1.82) is 0 Å². The number of carbonyl (C=O) groups excluding carboxylic acids is 1. The first kappa shape index (κ1) is 16.8. The van der Waals surface area contributed by atoms with Crippen LogP contribution in [0.3, 0.4) is 0 Å². The molecule has 0 unspecified atom stereocenters. The number of nitrogens with zero attached hydrogens (tertiary/aromatic N) is 2. The molecule has 1 aromatic carbocycles. The SMILES string of the molecule is Cc1onc(-c2ccccc2)c1C(=O)N1C[C@H]2COCC[C@@]2(C(=O)O)C1. The van der Waals surface area contributed by atoms with Crippen molar-refractivity contribution in [3.8, 4) is 11.3 Å². The van der Waals surface area contributed by atoms with Crippen molar-refractivity contribution in [2.75, 3.05) is 26.3 Å². The number of aliphatic carboxylic acids is 1.